The molecule has 0 saturated heterocycles. The van der Waals surface area contributed by atoms with Crippen molar-refractivity contribution in [2.75, 3.05) is 11.9 Å². The van der Waals surface area contributed by atoms with Crippen LogP contribution < -0.4 is 10.1 Å². The molecule has 0 unspecified atom stereocenters. The highest BCUT2D eigenvalue weighted by molar-refractivity contribution is 7.10. The normalized spacial score (nSPS) is 10.3. The third-order valence-electron chi connectivity index (χ3n) is 2.55. The molecule has 0 saturated carbocycles. The van der Waals surface area contributed by atoms with Gasteiger partial charge >= 0.3 is 0 Å². The molecule has 1 aromatic carbocycles. The van der Waals surface area contributed by atoms with Crippen LogP contribution in [0.4, 0.5) is 5.00 Å². The van der Waals surface area contributed by atoms with Gasteiger partial charge in [-0.2, -0.15) is 0 Å². The fraction of sp³-hybridized carbons (Fsp3) is 0.385. The molecule has 2 aromatic rings. The summed E-state index contributed by atoms with van der Waals surface area (Å²) in [5, 5.41) is 8.41. The largest absolute Gasteiger partial charge is 0.487 e. The molecule has 1 N–H and O–H groups in total. The minimum absolute atomic E-state index is 0.452. The Morgan fingerprint density at radius 3 is 2.94 bits per heavy atom. The minimum Gasteiger partial charge on any atom is -0.487 e. The second kappa shape index (κ2) is 6.35. The summed E-state index contributed by atoms with van der Waals surface area (Å²) in [6.07, 6.45) is 1.08. The van der Waals surface area contributed by atoms with Gasteiger partial charge in [0.2, 0.25) is 0 Å². The van der Waals surface area contributed by atoms with E-state index in [1.165, 1.54) is 11.5 Å². The van der Waals surface area contributed by atoms with Crippen LogP contribution >= 0.6 is 11.5 Å². The minimum atomic E-state index is 0.452. The molecule has 5 heteroatoms. The standard InChI is InChI=1S/C13H17N3OS/c1-3-8-14-13-11(15-16-18-13)9-17-12-7-5-4-6-10(12)2/h4-7,14H,3,8-9H2,1-2H3. The molecule has 0 aliphatic rings. The number of nitrogens with zero attached hydrogens (tertiary/aromatic N) is 2. The highest BCUT2D eigenvalue weighted by Gasteiger charge is 2.08. The maximum absolute atomic E-state index is 5.77. The van der Waals surface area contributed by atoms with Gasteiger partial charge in [-0.15, -0.1) is 5.10 Å². The lowest BCUT2D eigenvalue weighted by molar-refractivity contribution is 0.299. The van der Waals surface area contributed by atoms with E-state index in [1.807, 2.05) is 31.2 Å². The first kappa shape index (κ1) is 12.8. The van der Waals surface area contributed by atoms with Crippen LogP contribution in [0, 0.1) is 6.92 Å². The van der Waals surface area contributed by atoms with Gasteiger partial charge in [0, 0.05) is 18.1 Å². The molecular weight excluding hydrogens is 246 g/mol. The van der Waals surface area contributed by atoms with Crippen LogP contribution in [0.2, 0.25) is 0 Å². The summed E-state index contributed by atoms with van der Waals surface area (Å²) >= 11 is 1.38. The predicted molar refractivity (Wildman–Crippen MR) is 74.2 cm³/mol. The second-order valence-electron chi connectivity index (χ2n) is 4.03. The quantitative estimate of drug-likeness (QED) is 0.869. The Balaban J connectivity index is 1.98. The van der Waals surface area contributed by atoms with Crippen molar-refractivity contribution in [3.63, 3.8) is 0 Å². The third kappa shape index (κ3) is 3.20. The molecule has 0 aliphatic carbocycles. The first-order chi connectivity index (χ1) is 8.81. The van der Waals surface area contributed by atoms with E-state index < -0.39 is 0 Å². The van der Waals surface area contributed by atoms with Gasteiger partial charge in [0.05, 0.1) is 0 Å². The molecule has 0 atom stereocenters. The maximum Gasteiger partial charge on any atom is 0.136 e. The van der Waals surface area contributed by atoms with Crippen molar-refractivity contribution in [1.82, 2.24) is 9.59 Å². The van der Waals surface area contributed by atoms with Gasteiger partial charge in [0.25, 0.3) is 0 Å². The first-order valence-corrected chi connectivity index (χ1v) is 6.82. The van der Waals surface area contributed by atoms with Crippen molar-refractivity contribution in [2.24, 2.45) is 0 Å². The summed E-state index contributed by atoms with van der Waals surface area (Å²) in [4.78, 5) is 0. The van der Waals surface area contributed by atoms with Gasteiger partial charge in [-0.3, -0.25) is 0 Å². The van der Waals surface area contributed by atoms with Crippen LogP contribution in [0.25, 0.3) is 0 Å². The van der Waals surface area contributed by atoms with E-state index in [9.17, 15) is 0 Å². The van der Waals surface area contributed by atoms with Gasteiger partial charge in [-0.05, 0) is 25.0 Å². The molecule has 0 amide bonds. The van der Waals surface area contributed by atoms with Gasteiger partial charge in [-0.25, -0.2) is 0 Å². The molecule has 0 fully saturated rings. The molecule has 1 aromatic heterocycles. The number of nitrogens with one attached hydrogen (secondary N) is 1. The Kier molecular flexibility index (Phi) is 4.52. The van der Waals surface area contributed by atoms with Crippen LogP contribution in [0.15, 0.2) is 24.3 Å². The number of para-hydroxylation sites is 1. The molecule has 0 aliphatic heterocycles. The van der Waals surface area contributed by atoms with Gasteiger partial charge in [0.15, 0.2) is 0 Å². The smallest absolute Gasteiger partial charge is 0.136 e. The molecule has 1 heterocycles. The summed E-state index contributed by atoms with van der Waals surface area (Å²) in [6, 6.07) is 7.97. The van der Waals surface area contributed by atoms with Crippen molar-refractivity contribution >= 4 is 16.5 Å². The average Bonchev–Trinajstić information content (AvgIpc) is 2.83. The van der Waals surface area contributed by atoms with Crippen LogP contribution in [-0.4, -0.2) is 16.1 Å². The van der Waals surface area contributed by atoms with Crippen LogP contribution in [-0.2, 0) is 6.61 Å². The lowest BCUT2D eigenvalue weighted by Gasteiger charge is -2.08. The molecule has 96 valence electrons. The summed E-state index contributed by atoms with van der Waals surface area (Å²) in [7, 11) is 0. The summed E-state index contributed by atoms with van der Waals surface area (Å²) in [5.41, 5.74) is 2.00. The molecule has 18 heavy (non-hydrogen) atoms. The van der Waals surface area contributed by atoms with E-state index in [0.717, 1.165) is 35.0 Å². The fourth-order valence-corrected chi connectivity index (χ4v) is 2.13. The zero-order valence-corrected chi connectivity index (χ0v) is 11.5. The molecule has 0 bridgehead atoms. The number of aromatic nitrogens is 2. The van der Waals surface area contributed by atoms with E-state index in [4.69, 9.17) is 4.74 Å². The van der Waals surface area contributed by atoms with Crippen LogP contribution in [0.1, 0.15) is 24.6 Å². The van der Waals surface area contributed by atoms with Crippen LogP contribution in [0.3, 0.4) is 0 Å². The van der Waals surface area contributed by atoms with E-state index >= 15 is 0 Å². The Labute approximate surface area is 111 Å². The Morgan fingerprint density at radius 1 is 1.33 bits per heavy atom. The number of hydrogen-bond donors (Lipinski definition) is 1. The second-order valence-corrected chi connectivity index (χ2v) is 4.78. The zero-order chi connectivity index (χ0) is 12.8. The lowest BCUT2D eigenvalue weighted by atomic mass is 10.2. The van der Waals surface area contributed by atoms with Gasteiger partial charge < -0.3 is 10.1 Å². The molecule has 0 spiro atoms. The Morgan fingerprint density at radius 2 is 2.17 bits per heavy atom. The zero-order valence-electron chi connectivity index (χ0n) is 10.6. The fourth-order valence-electron chi connectivity index (χ4n) is 1.54. The molecule has 2 rings (SSSR count). The van der Waals surface area contributed by atoms with Crippen molar-refractivity contribution in [1.29, 1.82) is 0 Å². The van der Waals surface area contributed by atoms with Crippen molar-refractivity contribution < 1.29 is 4.74 Å². The van der Waals surface area contributed by atoms with Crippen molar-refractivity contribution in [3.05, 3.63) is 35.5 Å². The maximum atomic E-state index is 5.77. The number of aryl methyl sites for hydroxylation is 1. The number of anilines is 1. The monoisotopic (exact) mass is 263 g/mol. The SMILES string of the molecule is CCCNc1snnc1COc1ccccc1C. The number of benzene rings is 1. The van der Waals surface area contributed by atoms with E-state index in [1.54, 1.807) is 0 Å². The first-order valence-electron chi connectivity index (χ1n) is 6.04. The van der Waals surface area contributed by atoms with E-state index in [0.29, 0.717) is 6.61 Å². The van der Waals surface area contributed by atoms with E-state index in [-0.39, 0.29) is 0 Å². The average molecular weight is 263 g/mol. The predicted octanol–water partition coefficient (Wildman–Crippen LogP) is 3.25. The van der Waals surface area contributed by atoms with Crippen molar-refractivity contribution in [2.45, 2.75) is 26.9 Å². The number of hydrogen-bond acceptors (Lipinski definition) is 5. The molecular formula is C13H17N3OS. The van der Waals surface area contributed by atoms with E-state index in [2.05, 4.69) is 21.8 Å². The third-order valence-corrected chi connectivity index (χ3v) is 3.28. The number of ether oxygens (including phenoxy) is 1. The summed E-state index contributed by atoms with van der Waals surface area (Å²) in [6.45, 7) is 5.55. The van der Waals surface area contributed by atoms with Gasteiger partial charge in [0.1, 0.15) is 23.1 Å². The summed E-state index contributed by atoms with van der Waals surface area (Å²) in [5.74, 6) is 0.895. The summed E-state index contributed by atoms with van der Waals surface area (Å²) < 4.78 is 9.72. The molecule has 0 radical (unpaired) electrons. The molecule has 4 nitrogen and oxygen atoms in total. The van der Waals surface area contributed by atoms with Crippen LogP contribution in [0.5, 0.6) is 5.75 Å². The van der Waals surface area contributed by atoms with Crippen molar-refractivity contribution in [3.8, 4) is 5.75 Å². The highest BCUT2D eigenvalue weighted by atomic mass is 32.1. The Bertz CT molecular complexity index is 498. The lowest BCUT2D eigenvalue weighted by Crippen LogP contribution is -2.04. The number of rotatable bonds is 6. The Hall–Kier alpha value is -1.62. The van der Waals surface area contributed by atoms with Gasteiger partial charge in [-0.1, -0.05) is 29.6 Å². The highest BCUT2D eigenvalue weighted by Crippen LogP contribution is 2.22. The topological polar surface area (TPSA) is 47.0 Å².